The van der Waals surface area contributed by atoms with Crippen LogP contribution in [0.5, 0.6) is 0 Å². The summed E-state index contributed by atoms with van der Waals surface area (Å²) in [6.07, 6.45) is 3.95. The molecule has 1 aromatic carbocycles. The first-order valence-electron chi connectivity index (χ1n) is 11.3. The van der Waals surface area contributed by atoms with Crippen molar-refractivity contribution in [3.05, 3.63) is 35.9 Å². The summed E-state index contributed by atoms with van der Waals surface area (Å²) < 4.78 is 5.08. The maximum absolute atomic E-state index is 11.8. The molecular formula is C23H38IN5O2. The molecule has 2 saturated heterocycles. The van der Waals surface area contributed by atoms with Gasteiger partial charge in [-0.1, -0.05) is 37.3 Å². The number of benzene rings is 1. The molecule has 3 rings (SSSR count). The van der Waals surface area contributed by atoms with E-state index in [1.54, 1.807) is 4.90 Å². The second kappa shape index (κ2) is 13.1. The van der Waals surface area contributed by atoms with Crippen molar-refractivity contribution in [3.8, 4) is 0 Å². The van der Waals surface area contributed by atoms with Gasteiger partial charge in [0.2, 0.25) is 0 Å². The van der Waals surface area contributed by atoms with Gasteiger partial charge in [-0.3, -0.25) is 9.89 Å². The molecule has 3 N–H and O–H groups in total. The molecule has 0 radical (unpaired) electrons. The van der Waals surface area contributed by atoms with Gasteiger partial charge in [0.05, 0.1) is 19.2 Å². The number of guanidine groups is 1. The average molecular weight is 543 g/mol. The van der Waals surface area contributed by atoms with Gasteiger partial charge in [0.1, 0.15) is 0 Å². The van der Waals surface area contributed by atoms with Gasteiger partial charge in [-0.15, -0.1) is 24.0 Å². The lowest BCUT2D eigenvalue weighted by Crippen LogP contribution is -2.48. The standard InChI is InChI=1S/C23H37N5O2.HI/c1-3-30-23(29)28-15-11-20(12-16-28)26-22(24)25-17-21(19-7-5-4-6-8-19)27-13-9-18(2)10-14-27;/h4-8,18,20-21H,3,9-17H2,1-2H3,(H3,24,25,26);1H. The van der Waals surface area contributed by atoms with Crippen LogP contribution < -0.4 is 11.1 Å². The van der Waals surface area contributed by atoms with Crippen molar-refractivity contribution in [2.24, 2.45) is 16.6 Å². The minimum absolute atomic E-state index is 0. The van der Waals surface area contributed by atoms with E-state index in [4.69, 9.17) is 15.5 Å². The lowest BCUT2D eigenvalue weighted by atomic mass is 9.96. The third kappa shape index (κ3) is 7.82. The molecule has 2 aliphatic heterocycles. The van der Waals surface area contributed by atoms with E-state index in [2.05, 4.69) is 47.5 Å². The van der Waals surface area contributed by atoms with Crippen molar-refractivity contribution in [1.82, 2.24) is 15.1 Å². The maximum Gasteiger partial charge on any atom is 0.409 e. The Hall–Kier alpha value is -1.55. The summed E-state index contributed by atoms with van der Waals surface area (Å²) in [6, 6.07) is 11.1. The molecule has 1 amide bonds. The first kappa shape index (κ1) is 25.7. The molecule has 174 valence electrons. The van der Waals surface area contributed by atoms with Gasteiger partial charge in [-0.05, 0) is 57.2 Å². The van der Waals surface area contributed by atoms with Crippen LogP contribution in [-0.4, -0.2) is 67.2 Å². The van der Waals surface area contributed by atoms with Gasteiger partial charge in [0.25, 0.3) is 0 Å². The number of carbonyl (C=O) groups is 1. The first-order chi connectivity index (χ1) is 14.6. The predicted octanol–water partition coefficient (Wildman–Crippen LogP) is 3.60. The van der Waals surface area contributed by atoms with Crippen molar-refractivity contribution < 1.29 is 9.53 Å². The fourth-order valence-electron chi connectivity index (χ4n) is 4.31. The van der Waals surface area contributed by atoms with E-state index >= 15 is 0 Å². The van der Waals surface area contributed by atoms with E-state index in [-0.39, 0.29) is 42.2 Å². The third-order valence-corrected chi connectivity index (χ3v) is 6.25. The highest BCUT2D eigenvalue weighted by atomic mass is 127. The second-order valence-corrected chi connectivity index (χ2v) is 8.48. The summed E-state index contributed by atoms with van der Waals surface area (Å²) in [5, 5.41) is 3.36. The fourth-order valence-corrected chi connectivity index (χ4v) is 4.31. The van der Waals surface area contributed by atoms with Crippen LogP contribution in [0.4, 0.5) is 4.79 Å². The van der Waals surface area contributed by atoms with E-state index in [0.717, 1.165) is 31.8 Å². The van der Waals surface area contributed by atoms with Crippen LogP contribution in [0.3, 0.4) is 0 Å². The Morgan fingerprint density at radius 2 is 1.81 bits per heavy atom. The Bertz CT molecular complexity index is 686. The Morgan fingerprint density at radius 3 is 2.42 bits per heavy atom. The zero-order valence-corrected chi connectivity index (χ0v) is 21.2. The number of hydrogen-bond acceptors (Lipinski definition) is 4. The Labute approximate surface area is 203 Å². The maximum atomic E-state index is 11.8. The number of hydrogen-bond donors (Lipinski definition) is 2. The van der Waals surface area contributed by atoms with Crippen molar-refractivity contribution in [1.29, 1.82) is 0 Å². The number of nitrogens with one attached hydrogen (secondary N) is 1. The number of nitrogens with zero attached hydrogens (tertiary/aromatic N) is 3. The summed E-state index contributed by atoms with van der Waals surface area (Å²) in [5.41, 5.74) is 7.54. The minimum Gasteiger partial charge on any atom is -0.450 e. The molecule has 2 fully saturated rings. The highest BCUT2D eigenvalue weighted by molar-refractivity contribution is 14.0. The van der Waals surface area contributed by atoms with Crippen LogP contribution >= 0.6 is 24.0 Å². The smallest absolute Gasteiger partial charge is 0.409 e. The molecule has 0 bridgehead atoms. The van der Waals surface area contributed by atoms with Crippen LogP contribution in [0, 0.1) is 5.92 Å². The highest BCUT2D eigenvalue weighted by Gasteiger charge is 2.26. The summed E-state index contributed by atoms with van der Waals surface area (Å²) in [5.74, 6) is 1.30. The van der Waals surface area contributed by atoms with Crippen molar-refractivity contribution in [2.75, 3.05) is 39.3 Å². The normalized spacial score (nSPS) is 20.1. The Morgan fingerprint density at radius 1 is 1.16 bits per heavy atom. The zero-order valence-electron chi connectivity index (χ0n) is 18.8. The third-order valence-electron chi connectivity index (χ3n) is 6.25. The number of nitrogens with two attached hydrogens (primary N) is 1. The number of rotatable bonds is 6. The predicted molar refractivity (Wildman–Crippen MR) is 136 cm³/mol. The molecule has 0 aliphatic carbocycles. The molecule has 2 heterocycles. The SMILES string of the molecule is CCOC(=O)N1CCC(NC(N)=NCC(c2ccccc2)N2CCC(C)CC2)CC1.I. The quantitative estimate of drug-likeness (QED) is 0.326. The fraction of sp³-hybridized carbons (Fsp3) is 0.652. The molecular weight excluding hydrogens is 505 g/mol. The molecule has 7 nitrogen and oxygen atoms in total. The van der Waals surface area contributed by atoms with Gasteiger partial charge >= 0.3 is 6.09 Å². The second-order valence-electron chi connectivity index (χ2n) is 8.48. The summed E-state index contributed by atoms with van der Waals surface area (Å²) >= 11 is 0. The molecule has 31 heavy (non-hydrogen) atoms. The van der Waals surface area contributed by atoms with Crippen LogP contribution in [0.15, 0.2) is 35.3 Å². The van der Waals surface area contributed by atoms with Crippen molar-refractivity contribution >= 4 is 36.0 Å². The molecule has 0 aromatic heterocycles. The number of amides is 1. The summed E-state index contributed by atoms with van der Waals surface area (Å²) in [4.78, 5) is 20.9. The minimum atomic E-state index is -0.223. The van der Waals surface area contributed by atoms with Crippen molar-refractivity contribution in [3.63, 3.8) is 0 Å². The average Bonchev–Trinajstić information content (AvgIpc) is 2.76. The van der Waals surface area contributed by atoms with Crippen LogP contribution in [-0.2, 0) is 4.74 Å². The molecule has 8 heteroatoms. The number of halogens is 1. The van der Waals surface area contributed by atoms with Crippen LogP contribution in [0.25, 0.3) is 0 Å². The van der Waals surface area contributed by atoms with Gasteiger partial charge in [-0.2, -0.15) is 0 Å². The van der Waals surface area contributed by atoms with Gasteiger partial charge < -0.3 is 20.7 Å². The Kier molecular flexibility index (Phi) is 10.9. The van der Waals surface area contributed by atoms with Gasteiger partial charge in [0, 0.05) is 19.1 Å². The van der Waals surface area contributed by atoms with Gasteiger partial charge in [0.15, 0.2) is 5.96 Å². The molecule has 1 atom stereocenters. The van der Waals surface area contributed by atoms with Gasteiger partial charge in [-0.25, -0.2) is 4.79 Å². The lowest BCUT2D eigenvalue weighted by Gasteiger charge is -2.36. The van der Waals surface area contributed by atoms with E-state index < -0.39 is 0 Å². The van der Waals surface area contributed by atoms with Crippen LogP contribution in [0.1, 0.15) is 51.1 Å². The topological polar surface area (TPSA) is 83.2 Å². The van der Waals surface area contributed by atoms with E-state index in [9.17, 15) is 4.79 Å². The number of carbonyl (C=O) groups excluding carboxylic acids is 1. The molecule has 0 saturated carbocycles. The highest BCUT2D eigenvalue weighted by Crippen LogP contribution is 2.27. The monoisotopic (exact) mass is 543 g/mol. The van der Waals surface area contributed by atoms with E-state index in [1.807, 2.05) is 6.92 Å². The van der Waals surface area contributed by atoms with E-state index in [1.165, 1.54) is 18.4 Å². The number of ether oxygens (including phenoxy) is 1. The molecule has 1 aromatic rings. The van der Waals surface area contributed by atoms with E-state index in [0.29, 0.717) is 32.2 Å². The number of piperidine rings is 2. The molecule has 2 aliphatic rings. The number of likely N-dealkylation sites (tertiary alicyclic amines) is 2. The van der Waals surface area contributed by atoms with Crippen molar-refractivity contribution in [2.45, 2.75) is 51.6 Å². The largest absolute Gasteiger partial charge is 0.450 e. The Balaban J connectivity index is 0.00000341. The molecule has 0 spiro atoms. The summed E-state index contributed by atoms with van der Waals surface area (Å²) in [6.45, 7) is 8.81. The first-order valence-corrected chi connectivity index (χ1v) is 11.3. The lowest BCUT2D eigenvalue weighted by molar-refractivity contribution is 0.0963. The number of aliphatic imine (C=N–C) groups is 1. The summed E-state index contributed by atoms with van der Waals surface area (Å²) in [7, 11) is 0. The van der Waals surface area contributed by atoms with Crippen LogP contribution in [0.2, 0.25) is 0 Å². The zero-order chi connectivity index (χ0) is 21.3. The molecule has 1 unspecified atom stereocenters.